The van der Waals surface area contributed by atoms with E-state index in [0.717, 1.165) is 12.0 Å². The summed E-state index contributed by atoms with van der Waals surface area (Å²) in [6, 6.07) is 13.1. The quantitative estimate of drug-likeness (QED) is 0.886. The highest BCUT2D eigenvalue weighted by atomic mass is 16.5. The number of aromatic nitrogens is 1. The molecule has 2 atom stereocenters. The predicted octanol–water partition coefficient (Wildman–Crippen LogP) is 3.12. The van der Waals surface area contributed by atoms with Gasteiger partial charge in [0.2, 0.25) is 0 Å². The van der Waals surface area contributed by atoms with Crippen molar-refractivity contribution in [1.82, 2.24) is 10.3 Å². The summed E-state index contributed by atoms with van der Waals surface area (Å²) in [6.07, 6.45) is 3.74. The summed E-state index contributed by atoms with van der Waals surface area (Å²) in [5, 5.41) is 3.01. The Morgan fingerprint density at radius 2 is 1.86 bits per heavy atom. The molecular weight excluding hydrogens is 264 g/mol. The third-order valence-electron chi connectivity index (χ3n) is 3.26. The summed E-state index contributed by atoms with van der Waals surface area (Å²) < 4.78 is 5.63. The zero-order chi connectivity index (χ0) is 15.1. The van der Waals surface area contributed by atoms with Gasteiger partial charge in [0.15, 0.2) is 6.10 Å². The number of hydrogen-bond donors (Lipinski definition) is 1. The molecule has 0 bridgehead atoms. The SMILES string of the molecule is CC[C@@H](NC(=O)[C@H](C)Oc1ccccc1)c1ccncc1. The maximum atomic E-state index is 12.2. The minimum Gasteiger partial charge on any atom is -0.481 e. The summed E-state index contributed by atoms with van der Waals surface area (Å²) in [5.41, 5.74) is 1.05. The van der Waals surface area contributed by atoms with Crippen LogP contribution in [0.2, 0.25) is 0 Å². The van der Waals surface area contributed by atoms with Gasteiger partial charge in [-0.05, 0) is 43.2 Å². The fourth-order valence-electron chi connectivity index (χ4n) is 2.06. The van der Waals surface area contributed by atoms with E-state index in [1.165, 1.54) is 0 Å². The Labute approximate surface area is 125 Å². The summed E-state index contributed by atoms with van der Waals surface area (Å²) in [4.78, 5) is 16.2. The number of amides is 1. The van der Waals surface area contributed by atoms with E-state index in [1.807, 2.05) is 49.4 Å². The van der Waals surface area contributed by atoms with Gasteiger partial charge in [-0.15, -0.1) is 0 Å². The van der Waals surface area contributed by atoms with Gasteiger partial charge in [0.05, 0.1) is 6.04 Å². The van der Waals surface area contributed by atoms with Crippen molar-refractivity contribution in [1.29, 1.82) is 0 Å². The second-order valence-corrected chi connectivity index (χ2v) is 4.82. The normalized spacial score (nSPS) is 13.2. The van der Waals surface area contributed by atoms with Gasteiger partial charge in [-0.3, -0.25) is 9.78 Å². The number of ether oxygens (including phenoxy) is 1. The number of carbonyl (C=O) groups excluding carboxylic acids is 1. The Kier molecular flexibility index (Phi) is 5.32. The van der Waals surface area contributed by atoms with Crippen LogP contribution in [0.3, 0.4) is 0 Å². The first-order valence-electron chi connectivity index (χ1n) is 7.12. The van der Waals surface area contributed by atoms with Crippen LogP contribution >= 0.6 is 0 Å². The lowest BCUT2D eigenvalue weighted by molar-refractivity contribution is -0.128. The Morgan fingerprint density at radius 1 is 1.19 bits per heavy atom. The number of nitrogens with zero attached hydrogens (tertiary/aromatic N) is 1. The van der Waals surface area contributed by atoms with E-state index >= 15 is 0 Å². The van der Waals surface area contributed by atoms with Gasteiger partial charge in [-0.25, -0.2) is 0 Å². The lowest BCUT2D eigenvalue weighted by atomic mass is 10.1. The van der Waals surface area contributed by atoms with E-state index in [1.54, 1.807) is 19.3 Å². The summed E-state index contributed by atoms with van der Waals surface area (Å²) >= 11 is 0. The molecule has 1 N–H and O–H groups in total. The Hall–Kier alpha value is -2.36. The molecule has 2 rings (SSSR count). The fourth-order valence-corrected chi connectivity index (χ4v) is 2.06. The first-order valence-corrected chi connectivity index (χ1v) is 7.12. The van der Waals surface area contributed by atoms with Gasteiger partial charge in [0.25, 0.3) is 5.91 Å². The van der Waals surface area contributed by atoms with Crippen molar-refractivity contribution in [2.24, 2.45) is 0 Å². The van der Waals surface area contributed by atoms with Crippen molar-refractivity contribution < 1.29 is 9.53 Å². The van der Waals surface area contributed by atoms with Crippen LogP contribution < -0.4 is 10.1 Å². The maximum absolute atomic E-state index is 12.2. The van der Waals surface area contributed by atoms with Crippen molar-refractivity contribution in [2.45, 2.75) is 32.4 Å². The molecule has 0 fully saturated rings. The second-order valence-electron chi connectivity index (χ2n) is 4.82. The first-order chi connectivity index (χ1) is 10.2. The van der Waals surface area contributed by atoms with Crippen LogP contribution in [0.4, 0.5) is 0 Å². The Morgan fingerprint density at radius 3 is 2.48 bits per heavy atom. The van der Waals surface area contributed by atoms with E-state index in [0.29, 0.717) is 5.75 Å². The highest BCUT2D eigenvalue weighted by molar-refractivity contribution is 5.81. The van der Waals surface area contributed by atoms with Crippen molar-refractivity contribution in [3.05, 3.63) is 60.4 Å². The molecule has 4 heteroatoms. The number of para-hydroxylation sites is 1. The zero-order valence-corrected chi connectivity index (χ0v) is 12.3. The average Bonchev–Trinajstić information content (AvgIpc) is 2.54. The molecule has 2 aromatic rings. The molecule has 0 saturated heterocycles. The van der Waals surface area contributed by atoms with Crippen molar-refractivity contribution in [2.75, 3.05) is 0 Å². The highest BCUT2D eigenvalue weighted by Gasteiger charge is 2.19. The van der Waals surface area contributed by atoms with Gasteiger partial charge in [0.1, 0.15) is 5.75 Å². The van der Waals surface area contributed by atoms with Crippen LogP contribution in [0.25, 0.3) is 0 Å². The molecule has 21 heavy (non-hydrogen) atoms. The van der Waals surface area contributed by atoms with Crippen LogP contribution in [-0.4, -0.2) is 17.0 Å². The minimum atomic E-state index is -0.539. The van der Waals surface area contributed by atoms with E-state index in [2.05, 4.69) is 10.3 Å². The smallest absolute Gasteiger partial charge is 0.261 e. The molecule has 0 aliphatic heterocycles. The van der Waals surface area contributed by atoms with Crippen LogP contribution in [0.5, 0.6) is 5.75 Å². The van der Waals surface area contributed by atoms with E-state index < -0.39 is 6.10 Å². The van der Waals surface area contributed by atoms with Crippen LogP contribution in [0, 0.1) is 0 Å². The molecule has 0 spiro atoms. The van der Waals surface area contributed by atoms with Crippen molar-refractivity contribution in [3.63, 3.8) is 0 Å². The minimum absolute atomic E-state index is 0.0256. The monoisotopic (exact) mass is 284 g/mol. The maximum Gasteiger partial charge on any atom is 0.261 e. The molecule has 0 aliphatic carbocycles. The lowest BCUT2D eigenvalue weighted by Gasteiger charge is -2.20. The summed E-state index contributed by atoms with van der Waals surface area (Å²) in [7, 11) is 0. The van der Waals surface area contributed by atoms with Crippen LogP contribution in [0.15, 0.2) is 54.9 Å². The summed E-state index contributed by atoms with van der Waals surface area (Å²) in [6.45, 7) is 3.79. The molecule has 1 aromatic carbocycles. The zero-order valence-electron chi connectivity index (χ0n) is 12.3. The lowest BCUT2D eigenvalue weighted by Crippen LogP contribution is -2.38. The van der Waals surface area contributed by atoms with Gasteiger partial charge < -0.3 is 10.1 Å². The number of carbonyl (C=O) groups is 1. The molecular formula is C17H20N2O2. The van der Waals surface area contributed by atoms with Crippen LogP contribution in [0.1, 0.15) is 31.9 Å². The third kappa shape index (κ3) is 4.31. The molecule has 0 aliphatic rings. The van der Waals surface area contributed by atoms with Gasteiger partial charge >= 0.3 is 0 Å². The Bertz CT molecular complexity index is 558. The molecule has 110 valence electrons. The molecule has 0 saturated carbocycles. The molecule has 0 radical (unpaired) electrons. The fraction of sp³-hybridized carbons (Fsp3) is 0.294. The second kappa shape index (κ2) is 7.43. The number of pyridine rings is 1. The number of nitrogens with one attached hydrogen (secondary N) is 1. The predicted molar refractivity (Wildman–Crippen MR) is 81.9 cm³/mol. The van der Waals surface area contributed by atoms with Crippen molar-refractivity contribution >= 4 is 5.91 Å². The highest BCUT2D eigenvalue weighted by Crippen LogP contribution is 2.16. The third-order valence-corrected chi connectivity index (χ3v) is 3.26. The molecule has 1 aromatic heterocycles. The average molecular weight is 284 g/mol. The molecule has 0 unspecified atom stereocenters. The van der Waals surface area contributed by atoms with Crippen molar-refractivity contribution in [3.8, 4) is 5.75 Å². The van der Waals surface area contributed by atoms with Gasteiger partial charge in [0, 0.05) is 12.4 Å². The molecule has 4 nitrogen and oxygen atoms in total. The first kappa shape index (κ1) is 15.0. The number of hydrogen-bond acceptors (Lipinski definition) is 3. The van der Waals surface area contributed by atoms with E-state index in [4.69, 9.17) is 4.74 Å². The van der Waals surface area contributed by atoms with E-state index in [9.17, 15) is 4.79 Å². The summed E-state index contributed by atoms with van der Waals surface area (Å²) in [5.74, 6) is 0.569. The van der Waals surface area contributed by atoms with Gasteiger partial charge in [-0.2, -0.15) is 0 Å². The Balaban J connectivity index is 1.96. The molecule has 1 heterocycles. The number of benzene rings is 1. The standard InChI is InChI=1S/C17H20N2O2/c1-3-16(14-9-11-18-12-10-14)19-17(20)13(2)21-15-7-5-4-6-8-15/h4-13,16H,3H2,1-2H3,(H,19,20)/t13-,16+/m0/s1. The van der Waals surface area contributed by atoms with Crippen LogP contribution in [-0.2, 0) is 4.79 Å². The topological polar surface area (TPSA) is 51.2 Å². The number of rotatable bonds is 6. The molecule has 1 amide bonds. The van der Waals surface area contributed by atoms with Gasteiger partial charge in [-0.1, -0.05) is 25.1 Å². The largest absolute Gasteiger partial charge is 0.481 e. The van der Waals surface area contributed by atoms with E-state index in [-0.39, 0.29) is 11.9 Å².